The van der Waals surface area contributed by atoms with Crippen LogP contribution < -0.4 is 0 Å². The van der Waals surface area contributed by atoms with Crippen LogP contribution in [0.2, 0.25) is 5.02 Å². The van der Waals surface area contributed by atoms with E-state index in [9.17, 15) is 4.79 Å². The van der Waals surface area contributed by atoms with Crippen molar-refractivity contribution in [3.63, 3.8) is 0 Å². The first-order chi connectivity index (χ1) is 8.97. The molecule has 98 valence electrons. The fourth-order valence-corrected chi connectivity index (χ4v) is 2.71. The number of hydrogen-bond donors (Lipinski definition) is 0. The topological polar surface area (TPSA) is 17.1 Å². The number of carbonyl (C=O) groups is 1. The van der Waals surface area contributed by atoms with Crippen LogP contribution >= 0.6 is 34.2 Å². The molecule has 3 heteroatoms. The van der Waals surface area contributed by atoms with Crippen LogP contribution in [0.1, 0.15) is 27.0 Å². The van der Waals surface area contributed by atoms with Gasteiger partial charge in [0.25, 0.3) is 0 Å². The second-order valence-electron chi connectivity index (χ2n) is 4.64. The number of rotatable bonds is 3. The Bertz CT molecular complexity index is 635. The third-order valence-electron chi connectivity index (χ3n) is 3.16. The van der Waals surface area contributed by atoms with Gasteiger partial charge in [0, 0.05) is 20.6 Å². The van der Waals surface area contributed by atoms with Gasteiger partial charge >= 0.3 is 0 Å². The summed E-state index contributed by atoms with van der Waals surface area (Å²) >= 11 is 8.12. The van der Waals surface area contributed by atoms with E-state index >= 15 is 0 Å². The Labute approximate surface area is 132 Å². The number of aryl methyl sites for hydroxylation is 2. The van der Waals surface area contributed by atoms with Gasteiger partial charge in [-0.2, -0.15) is 0 Å². The standard InChI is InChI=1S/C16H14ClIO/c1-10-3-4-12(7-11(10)2)8-16(19)14-9-13(17)5-6-15(14)18/h3-7,9H,8H2,1-2H3. The molecule has 0 heterocycles. The highest BCUT2D eigenvalue weighted by molar-refractivity contribution is 14.1. The molecular formula is C16H14ClIO. The van der Waals surface area contributed by atoms with Gasteiger partial charge in [0.1, 0.15) is 0 Å². The summed E-state index contributed by atoms with van der Waals surface area (Å²) in [5.41, 5.74) is 4.20. The van der Waals surface area contributed by atoms with Crippen molar-refractivity contribution in [1.29, 1.82) is 0 Å². The number of ketones is 1. The number of Topliss-reactive ketones (excluding diaryl/α,β-unsaturated/α-hetero) is 1. The van der Waals surface area contributed by atoms with Gasteiger partial charge < -0.3 is 0 Å². The smallest absolute Gasteiger partial charge is 0.168 e. The maximum Gasteiger partial charge on any atom is 0.168 e. The number of halogens is 2. The molecular weight excluding hydrogens is 371 g/mol. The van der Waals surface area contributed by atoms with E-state index < -0.39 is 0 Å². The summed E-state index contributed by atoms with van der Waals surface area (Å²) in [6.45, 7) is 4.13. The zero-order chi connectivity index (χ0) is 14.0. The van der Waals surface area contributed by atoms with E-state index in [1.54, 1.807) is 12.1 Å². The zero-order valence-electron chi connectivity index (χ0n) is 10.8. The molecule has 0 bridgehead atoms. The lowest BCUT2D eigenvalue weighted by molar-refractivity contribution is 0.0992. The lowest BCUT2D eigenvalue weighted by atomic mass is 10.00. The van der Waals surface area contributed by atoms with E-state index in [1.165, 1.54) is 11.1 Å². The average molecular weight is 385 g/mol. The number of carbonyl (C=O) groups excluding carboxylic acids is 1. The van der Waals surface area contributed by atoms with Gasteiger partial charge in [0.2, 0.25) is 0 Å². The van der Waals surface area contributed by atoms with Gasteiger partial charge in [-0.15, -0.1) is 0 Å². The summed E-state index contributed by atoms with van der Waals surface area (Å²) in [6.07, 6.45) is 0.414. The first-order valence-corrected chi connectivity index (χ1v) is 7.47. The first kappa shape index (κ1) is 14.5. The summed E-state index contributed by atoms with van der Waals surface area (Å²) in [6, 6.07) is 11.6. The fraction of sp³-hybridized carbons (Fsp3) is 0.188. The van der Waals surface area contributed by atoms with Gasteiger partial charge in [-0.1, -0.05) is 29.8 Å². The quantitative estimate of drug-likeness (QED) is 0.538. The van der Waals surface area contributed by atoms with Crippen LogP contribution in [0.3, 0.4) is 0 Å². The van der Waals surface area contributed by atoms with E-state index in [4.69, 9.17) is 11.6 Å². The highest BCUT2D eigenvalue weighted by Crippen LogP contribution is 2.20. The fourth-order valence-electron chi connectivity index (χ4n) is 1.91. The van der Waals surface area contributed by atoms with Crippen LogP contribution in [-0.2, 0) is 6.42 Å². The van der Waals surface area contributed by atoms with Crippen molar-refractivity contribution in [2.75, 3.05) is 0 Å². The molecule has 19 heavy (non-hydrogen) atoms. The molecule has 0 aliphatic heterocycles. The predicted octanol–water partition coefficient (Wildman–Crippen LogP) is 4.99. The van der Waals surface area contributed by atoms with Crippen molar-refractivity contribution < 1.29 is 4.79 Å². The molecule has 0 aliphatic rings. The van der Waals surface area contributed by atoms with Crippen molar-refractivity contribution in [3.8, 4) is 0 Å². The number of hydrogen-bond acceptors (Lipinski definition) is 1. The van der Waals surface area contributed by atoms with Crippen LogP contribution in [-0.4, -0.2) is 5.78 Å². The molecule has 0 atom stereocenters. The van der Waals surface area contributed by atoms with Gasteiger partial charge in [0.15, 0.2) is 5.78 Å². The average Bonchev–Trinajstić information content (AvgIpc) is 2.36. The van der Waals surface area contributed by atoms with Crippen molar-refractivity contribution in [1.82, 2.24) is 0 Å². The molecule has 0 amide bonds. The third kappa shape index (κ3) is 3.57. The summed E-state index contributed by atoms with van der Waals surface area (Å²) in [7, 11) is 0. The van der Waals surface area contributed by atoms with E-state index in [1.807, 2.05) is 12.1 Å². The van der Waals surface area contributed by atoms with Crippen molar-refractivity contribution in [3.05, 3.63) is 67.2 Å². The highest BCUT2D eigenvalue weighted by Gasteiger charge is 2.11. The maximum atomic E-state index is 12.3. The lowest BCUT2D eigenvalue weighted by Crippen LogP contribution is -2.06. The van der Waals surface area contributed by atoms with Gasteiger partial charge in [0.05, 0.1) is 0 Å². The molecule has 0 radical (unpaired) electrons. The Morgan fingerprint density at radius 1 is 1.11 bits per heavy atom. The Morgan fingerprint density at radius 3 is 2.53 bits per heavy atom. The molecule has 0 spiro atoms. The molecule has 0 unspecified atom stereocenters. The first-order valence-electron chi connectivity index (χ1n) is 6.02. The molecule has 0 saturated carbocycles. The highest BCUT2D eigenvalue weighted by atomic mass is 127. The van der Waals surface area contributed by atoms with Gasteiger partial charge in [-0.3, -0.25) is 4.79 Å². The van der Waals surface area contributed by atoms with Crippen LogP contribution in [0.5, 0.6) is 0 Å². The molecule has 0 saturated heterocycles. The van der Waals surface area contributed by atoms with E-state index in [0.717, 1.165) is 9.13 Å². The van der Waals surface area contributed by atoms with Crippen molar-refractivity contribution in [2.24, 2.45) is 0 Å². The Kier molecular flexibility index (Phi) is 4.63. The second-order valence-corrected chi connectivity index (χ2v) is 6.24. The van der Waals surface area contributed by atoms with Crippen LogP contribution in [0.25, 0.3) is 0 Å². The molecule has 2 rings (SSSR count). The summed E-state index contributed by atoms with van der Waals surface area (Å²) in [5.74, 6) is 0.107. The normalized spacial score (nSPS) is 10.5. The molecule has 2 aromatic rings. The van der Waals surface area contributed by atoms with Gasteiger partial charge in [-0.05, 0) is 71.3 Å². The lowest BCUT2D eigenvalue weighted by Gasteiger charge is -2.07. The minimum Gasteiger partial charge on any atom is -0.294 e. The molecule has 0 aliphatic carbocycles. The molecule has 0 fully saturated rings. The van der Waals surface area contributed by atoms with Gasteiger partial charge in [-0.25, -0.2) is 0 Å². The minimum atomic E-state index is 0.107. The molecule has 1 nitrogen and oxygen atoms in total. The Balaban J connectivity index is 2.25. The Morgan fingerprint density at radius 2 is 1.84 bits per heavy atom. The molecule has 2 aromatic carbocycles. The SMILES string of the molecule is Cc1ccc(CC(=O)c2cc(Cl)ccc2I)cc1C. The van der Waals surface area contributed by atoms with Crippen LogP contribution in [0.4, 0.5) is 0 Å². The van der Waals surface area contributed by atoms with Crippen molar-refractivity contribution in [2.45, 2.75) is 20.3 Å². The summed E-state index contributed by atoms with van der Waals surface area (Å²) in [4.78, 5) is 12.3. The van der Waals surface area contributed by atoms with E-state index in [-0.39, 0.29) is 5.78 Å². The predicted molar refractivity (Wildman–Crippen MR) is 88.1 cm³/mol. The monoisotopic (exact) mass is 384 g/mol. The Hall–Kier alpha value is -0.870. The number of benzene rings is 2. The van der Waals surface area contributed by atoms with Crippen LogP contribution in [0.15, 0.2) is 36.4 Å². The van der Waals surface area contributed by atoms with E-state index in [0.29, 0.717) is 17.0 Å². The zero-order valence-corrected chi connectivity index (χ0v) is 13.7. The largest absolute Gasteiger partial charge is 0.294 e. The minimum absolute atomic E-state index is 0.107. The molecule has 0 aromatic heterocycles. The van der Waals surface area contributed by atoms with E-state index in [2.05, 4.69) is 48.6 Å². The van der Waals surface area contributed by atoms with Crippen molar-refractivity contribution >= 4 is 40.0 Å². The summed E-state index contributed by atoms with van der Waals surface area (Å²) in [5, 5.41) is 0.601. The van der Waals surface area contributed by atoms with Crippen LogP contribution in [0, 0.1) is 17.4 Å². The summed E-state index contributed by atoms with van der Waals surface area (Å²) < 4.78 is 0.941. The second kappa shape index (κ2) is 6.06. The third-order valence-corrected chi connectivity index (χ3v) is 4.34. The molecule has 0 N–H and O–H groups in total. The maximum absolute atomic E-state index is 12.3.